The summed E-state index contributed by atoms with van der Waals surface area (Å²) in [5.41, 5.74) is 2.43. The predicted octanol–water partition coefficient (Wildman–Crippen LogP) is 3.11. The van der Waals surface area contributed by atoms with Gasteiger partial charge in [0.05, 0.1) is 12.5 Å². The molecule has 1 fully saturated rings. The fourth-order valence-electron chi connectivity index (χ4n) is 2.71. The van der Waals surface area contributed by atoms with E-state index >= 15 is 0 Å². The van der Waals surface area contributed by atoms with Crippen LogP contribution >= 0.6 is 0 Å². The quantitative estimate of drug-likeness (QED) is 0.689. The van der Waals surface area contributed by atoms with Gasteiger partial charge in [-0.3, -0.25) is 4.79 Å². The van der Waals surface area contributed by atoms with E-state index in [4.69, 9.17) is 5.11 Å². The maximum absolute atomic E-state index is 11.9. The molecule has 3 N–H and O–H groups in total. The molecule has 0 radical (unpaired) electrons. The third kappa shape index (κ3) is 5.93. The first kappa shape index (κ1) is 17.3. The Bertz CT molecular complexity index is 536. The molecule has 0 aromatic heterocycles. The molecule has 1 aliphatic carbocycles. The second-order valence-corrected chi connectivity index (χ2v) is 6.70. The average molecular weight is 318 g/mol. The van der Waals surface area contributed by atoms with Crippen molar-refractivity contribution in [1.82, 2.24) is 10.6 Å². The van der Waals surface area contributed by atoms with Crippen LogP contribution in [0.5, 0.6) is 0 Å². The monoisotopic (exact) mass is 318 g/mol. The number of nitrogens with one attached hydrogen (secondary N) is 2. The van der Waals surface area contributed by atoms with E-state index in [1.54, 1.807) is 0 Å². The molecule has 126 valence electrons. The van der Waals surface area contributed by atoms with E-state index in [1.165, 1.54) is 5.56 Å². The number of aliphatic carboxylic acids is 1. The van der Waals surface area contributed by atoms with Crippen LogP contribution in [0.1, 0.15) is 50.3 Å². The summed E-state index contributed by atoms with van der Waals surface area (Å²) >= 11 is 0. The van der Waals surface area contributed by atoms with Gasteiger partial charge in [-0.1, -0.05) is 38.1 Å². The Labute approximate surface area is 137 Å². The first-order chi connectivity index (χ1) is 11.0. The van der Waals surface area contributed by atoms with E-state index in [-0.39, 0.29) is 25.0 Å². The van der Waals surface area contributed by atoms with E-state index in [9.17, 15) is 9.59 Å². The minimum absolute atomic E-state index is 0.00734. The lowest BCUT2D eigenvalue weighted by Crippen LogP contribution is -2.39. The lowest BCUT2D eigenvalue weighted by Gasteiger charge is -2.19. The van der Waals surface area contributed by atoms with Gasteiger partial charge in [0.15, 0.2) is 0 Å². The molecule has 5 heteroatoms. The fourth-order valence-corrected chi connectivity index (χ4v) is 2.71. The summed E-state index contributed by atoms with van der Waals surface area (Å²) in [7, 11) is 0. The van der Waals surface area contributed by atoms with Crippen LogP contribution in [0.3, 0.4) is 0 Å². The molecule has 0 bridgehead atoms. The number of amides is 2. The Morgan fingerprint density at radius 1 is 1.22 bits per heavy atom. The first-order valence-electron chi connectivity index (χ1n) is 8.30. The second kappa shape index (κ2) is 7.99. The molecule has 0 aliphatic heterocycles. The summed E-state index contributed by atoms with van der Waals surface area (Å²) < 4.78 is 0. The van der Waals surface area contributed by atoms with Crippen LogP contribution in [-0.4, -0.2) is 23.7 Å². The second-order valence-electron chi connectivity index (χ2n) is 6.70. The molecule has 0 spiro atoms. The zero-order valence-electron chi connectivity index (χ0n) is 13.8. The molecule has 2 rings (SSSR count). The van der Waals surface area contributed by atoms with Gasteiger partial charge in [0.1, 0.15) is 0 Å². The Kier molecular flexibility index (Phi) is 6.02. The normalized spacial score (nSPS) is 15.3. The summed E-state index contributed by atoms with van der Waals surface area (Å²) in [4.78, 5) is 22.4. The Balaban J connectivity index is 1.93. The Morgan fingerprint density at radius 3 is 2.39 bits per heavy atom. The highest BCUT2D eigenvalue weighted by Crippen LogP contribution is 2.41. The van der Waals surface area contributed by atoms with Gasteiger partial charge in [-0.2, -0.15) is 0 Å². The molecule has 0 heterocycles. The molecule has 1 saturated carbocycles. The SMILES string of the molecule is CC(C)Cc1ccc(C(NC(=O)NCCC(=O)O)C2CC2)cc1. The van der Waals surface area contributed by atoms with Gasteiger partial charge in [0, 0.05) is 6.54 Å². The zero-order valence-corrected chi connectivity index (χ0v) is 13.8. The van der Waals surface area contributed by atoms with Crippen LogP contribution in [0, 0.1) is 11.8 Å². The summed E-state index contributed by atoms with van der Waals surface area (Å²) in [5.74, 6) is 0.194. The first-order valence-corrected chi connectivity index (χ1v) is 8.30. The highest BCUT2D eigenvalue weighted by molar-refractivity contribution is 5.75. The maximum Gasteiger partial charge on any atom is 0.315 e. The van der Waals surface area contributed by atoms with Gasteiger partial charge in [-0.15, -0.1) is 0 Å². The van der Waals surface area contributed by atoms with Gasteiger partial charge in [-0.25, -0.2) is 4.79 Å². The minimum atomic E-state index is -0.912. The van der Waals surface area contributed by atoms with Gasteiger partial charge in [0.25, 0.3) is 0 Å². The Hall–Kier alpha value is -2.04. The van der Waals surface area contributed by atoms with Crippen molar-refractivity contribution in [2.75, 3.05) is 6.54 Å². The highest BCUT2D eigenvalue weighted by Gasteiger charge is 2.33. The zero-order chi connectivity index (χ0) is 16.8. The van der Waals surface area contributed by atoms with Crippen molar-refractivity contribution in [3.8, 4) is 0 Å². The summed E-state index contributed by atoms with van der Waals surface area (Å²) in [5, 5.41) is 14.2. The van der Waals surface area contributed by atoms with Crippen molar-refractivity contribution in [3.05, 3.63) is 35.4 Å². The smallest absolute Gasteiger partial charge is 0.315 e. The van der Waals surface area contributed by atoms with Crippen LogP contribution in [0.25, 0.3) is 0 Å². The standard InChI is InChI=1S/C18H26N2O3/c1-12(2)11-13-3-5-14(6-4-13)17(15-7-8-15)20-18(23)19-10-9-16(21)22/h3-6,12,15,17H,7-11H2,1-2H3,(H,21,22)(H2,19,20,23). The predicted molar refractivity (Wildman–Crippen MR) is 89.2 cm³/mol. The number of hydrogen-bond acceptors (Lipinski definition) is 2. The van der Waals surface area contributed by atoms with Crippen LogP contribution < -0.4 is 10.6 Å². The van der Waals surface area contributed by atoms with Crippen molar-refractivity contribution < 1.29 is 14.7 Å². The fraction of sp³-hybridized carbons (Fsp3) is 0.556. The topological polar surface area (TPSA) is 78.4 Å². The van der Waals surface area contributed by atoms with Crippen LogP contribution in [-0.2, 0) is 11.2 Å². The molecule has 2 amide bonds. The number of carboxylic acid groups (broad SMARTS) is 1. The lowest BCUT2D eigenvalue weighted by molar-refractivity contribution is -0.136. The number of urea groups is 1. The minimum Gasteiger partial charge on any atom is -0.481 e. The lowest BCUT2D eigenvalue weighted by atomic mass is 9.97. The van der Waals surface area contributed by atoms with Crippen LogP contribution in [0.4, 0.5) is 4.79 Å². The van der Waals surface area contributed by atoms with Crippen molar-refractivity contribution >= 4 is 12.0 Å². The average Bonchev–Trinajstić information content (AvgIpc) is 3.29. The van der Waals surface area contributed by atoms with Crippen molar-refractivity contribution in [2.24, 2.45) is 11.8 Å². The third-order valence-electron chi connectivity index (χ3n) is 3.99. The van der Waals surface area contributed by atoms with Gasteiger partial charge in [0.2, 0.25) is 0 Å². The van der Waals surface area contributed by atoms with Crippen LogP contribution in [0.15, 0.2) is 24.3 Å². The maximum atomic E-state index is 11.9. The number of carbonyl (C=O) groups excluding carboxylic acids is 1. The number of hydrogen-bond donors (Lipinski definition) is 3. The van der Waals surface area contributed by atoms with Crippen LogP contribution in [0.2, 0.25) is 0 Å². The molecular formula is C18H26N2O3. The van der Waals surface area contributed by atoms with E-state index in [2.05, 4.69) is 48.7 Å². The highest BCUT2D eigenvalue weighted by atomic mass is 16.4. The van der Waals surface area contributed by atoms with E-state index in [0.717, 1.165) is 24.8 Å². The molecule has 1 aliphatic rings. The van der Waals surface area contributed by atoms with Crippen molar-refractivity contribution in [3.63, 3.8) is 0 Å². The van der Waals surface area contributed by atoms with Crippen molar-refractivity contribution in [2.45, 2.75) is 45.6 Å². The van der Waals surface area contributed by atoms with Gasteiger partial charge < -0.3 is 15.7 Å². The van der Waals surface area contributed by atoms with E-state index in [0.29, 0.717) is 11.8 Å². The molecule has 23 heavy (non-hydrogen) atoms. The summed E-state index contributed by atoms with van der Waals surface area (Å²) in [6.45, 7) is 4.54. The molecular weight excluding hydrogens is 292 g/mol. The molecule has 0 saturated heterocycles. The number of benzene rings is 1. The summed E-state index contributed by atoms with van der Waals surface area (Å²) in [6, 6.07) is 8.17. The van der Waals surface area contributed by atoms with E-state index in [1.807, 2.05) is 0 Å². The van der Waals surface area contributed by atoms with E-state index < -0.39 is 5.97 Å². The molecule has 5 nitrogen and oxygen atoms in total. The molecule has 1 aromatic carbocycles. The van der Waals surface area contributed by atoms with Gasteiger partial charge in [-0.05, 0) is 42.2 Å². The molecule has 1 aromatic rings. The molecule has 1 unspecified atom stereocenters. The van der Waals surface area contributed by atoms with Gasteiger partial charge >= 0.3 is 12.0 Å². The number of carboxylic acids is 1. The third-order valence-corrected chi connectivity index (χ3v) is 3.99. The number of rotatable bonds is 8. The number of carbonyl (C=O) groups is 2. The molecule has 1 atom stereocenters. The Morgan fingerprint density at radius 2 is 1.87 bits per heavy atom. The largest absolute Gasteiger partial charge is 0.481 e. The summed E-state index contributed by atoms with van der Waals surface area (Å²) in [6.07, 6.45) is 3.23. The van der Waals surface area contributed by atoms with Crippen molar-refractivity contribution in [1.29, 1.82) is 0 Å².